The van der Waals surface area contributed by atoms with Crippen LogP contribution in [0.25, 0.3) is 10.9 Å². The molecule has 2 bridgehead atoms. The van der Waals surface area contributed by atoms with Gasteiger partial charge in [0.15, 0.2) is 0 Å². The van der Waals surface area contributed by atoms with Crippen molar-refractivity contribution in [2.24, 2.45) is 5.92 Å². The van der Waals surface area contributed by atoms with Crippen LogP contribution < -0.4 is 5.73 Å². The van der Waals surface area contributed by atoms with Crippen molar-refractivity contribution in [3.05, 3.63) is 46.7 Å². The zero-order chi connectivity index (χ0) is 13.9. The fourth-order valence-electron chi connectivity index (χ4n) is 4.07. The number of anilines is 1. The third-order valence-corrected chi connectivity index (χ3v) is 4.84. The predicted molar refractivity (Wildman–Crippen MR) is 83.8 cm³/mol. The number of rotatable bonds is 0. The second-order valence-electron chi connectivity index (χ2n) is 6.52. The molecule has 0 saturated heterocycles. The molecule has 0 radical (unpaired) electrons. The van der Waals surface area contributed by atoms with Crippen LogP contribution in [0, 0.1) is 12.8 Å². The Morgan fingerprint density at radius 3 is 2.90 bits per heavy atom. The van der Waals surface area contributed by atoms with Crippen molar-refractivity contribution in [1.29, 1.82) is 0 Å². The van der Waals surface area contributed by atoms with Gasteiger partial charge in [-0.2, -0.15) is 0 Å². The summed E-state index contributed by atoms with van der Waals surface area (Å²) in [6.45, 7) is 4.36. The van der Waals surface area contributed by atoms with Gasteiger partial charge >= 0.3 is 0 Å². The molecule has 2 aromatic rings. The maximum absolute atomic E-state index is 6.51. The van der Waals surface area contributed by atoms with E-state index in [1.807, 2.05) is 0 Å². The van der Waals surface area contributed by atoms with Crippen LogP contribution in [0.5, 0.6) is 0 Å². The lowest BCUT2D eigenvalue weighted by Crippen LogP contribution is -2.24. The SMILES string of the molecule is CC1=C[C@@H]2Cc3nc4cc(C)ccc4c(N)c3[C@H](C1)C2. The van der Waals surface area contributed by atoms with E-state index in [0.717, 1.165) is 29.4 Å². The first-order valence-electron chi connectivity index (χ1n) is 7.47. The van der Waals surface area contributed by atoms with Gasteiger partial charge in [0.2, 0.25) is 0 Å². The summed E-state index contributed by atoms with van der Waals surface area (Å²) in [5, 5.41) is 1.13. The summed E-state index contributed by atoms with van der Waals surface area (Å²) in [6.07, 6.45) is 5.88. The summed E-state index contributed by atoms with van der Waals surface area (Å²) >= 11 is 0. The standard InChI is InChI=1S/C18H20N2/c1-10-3-4-14-15(7-10)20-16-9-12-5-11(2)6-13(8-12)17(16)18(14)19/h3-5,7,12-13H,6,8-9H2,1-2H3,(H2,19,20)/t12-,13+/m0/s1. The smallest absolute Gasteiger partial charge is 0.0728 e. The summed E-state index contributed by atoms with van der Waals surface area (Å²) in [5.74, 6) is 1.24. The van der Waals surface area contributed by atoms with E-state index in [1.54, 1.807) is 0 Å². The highest BCUT2D eigenvalue weighted by atomic mass is 14.7. The molecule has 0 amide bonds. The Morgan fingerprint density at radius 1 is 1.20 bits per heavy atom. The van der Waals surface area contributed by atoms with Crippen molar-refractivity contribution in [3.8, 4) is 0 Å². The number of hydrogen-bond acceptors (Lipinski definition) is 2. The molecule has 0 fully saturated rings. The Morgan fingerprint density at radius 2 is 2.05 bits per heavy atom. The van der Waals surface area contributed by atoms with Gasteiger partial charge in [0.25, 0.3) is 0 Å². The highest BCUT2D eigenvalue weighted by Gasteiger charge is 2.32. The minimum atomic E-state index is 0.576. The van der Waals surface area contributed by atoms with Crippen molar-refractivity contribution in [2.45, 2.75) is 39.0 Å². The molecular formula is C18H20N2. The van der Waals surface area contributed by atoms with Crippen molar-refractivity contribution in [2.75, 3.05) is 5.73 Å². The lowest BCUT2D eigenvalue weighted by Gasteiger charge is -2.35. The van der Waals surface area contributed by atoms with E-state index in [-0.39, 0.29) is 0 Å². The number of benzene rings is 1. The first-order valence-corrected chi connectivity index (χ1v) is 7.47. The van der Waals surface area contributed by atoms with Crippen LogP contribution >= 0.6 is 0 Å². The molecule has 0 aliphatic heterocycles. The molecule has 0 spiro atoms. The maximum atomic E-state index is 6.51. The zero-order valence-electron chi connectivity index (χ0n) is 12.1. The van der Waals surface area contributed by atoms with Gasteiger partial charge in [0, 0.05) is 22.3 Å². The van der Waals surface area contributed by atoms with Crippen LogP contribution in [0.15, 0.2) is 29.8 Å². The molecule has 2 heteroatoms. The number of aryl methyl sites for hydroxylation is 1. The number of hydrogen-bond donors (Lipinski definition) is 1. The summed E-state index contributed by atoms with van der Waals surface area (Å²) in [4.78, 5) is 4.94. The van der Waals surface area contributed by atoms with Gasteiger partial charge in [-0.1, -0.05) is 23.8 Å². The second kappa shape index (κ2) is 4.08. The lowest BCUT2D eigenvalue weighted by atomic mass is 9.71. The normalized spacial score (nSPS) is 24.4. The summed E-state index contributed by atoms with van der Waals surface area (Å²) in [5.41, 5.74) is 13.9. The fourth-order valence-corrected chi connectivity index (χ4v) is 4.07. The van der Waals surface area contributed by atoms with Gasteiger partial charge in [-0.15, -0.1) is 0 Å². The van der Waals surface area contributed by atoms with E-state index in [2.05, 4.69) is 38.1 Å². The Labute approximate surface area is 119 Å². The molecule has 2 aliphatic carbocycles. The Bertz CT molecular complexity index is 743. The van der Waals surface area contributed by atoms with Gasteiger partial charge in [-0.05, 0) is 56.6 Å². The quantitative estimate of drug-likeness (QED) is 0.727. The Kier molecular flexibility index (Phi) is 2.44. The zero-order valence-corrected chi connectivity index (χ0v) is 12.1. The Hall–Kier alpha value is -1.83. The molecule has 1 aromatic heterocycles. The molecule has 1 aromatic carbocycles. The molecule has 2 aliphatic rings. The van der Waals surface area contributed by atoms with E-state index in [1.165, 1.54) is 28.8 Å². The summed E-state index contributed by atoms with van der Waals surface area (Å²) < 4.78 is 0. The molecule has 0 unspecified atom stereocenters. The van der Waals surface area contributed by atoms with E-state index in [4.69, 9.17) is 10.7 Å². The number of nitrogens with two attached hydrogens (primary N) is 1. The molecule has 1 heterocycles. The average Bonchev–Trinajstić information content (AvgIpc) is 2.36. The molecule has 4 rings (SSSR count). The number of allylic oxidation sites excluding steroid dienone is 2. The average molecular weight is 264 g/mol. The lowest BCUT2D eigenvalue weighted by molar-refractivity contribution is 0.433. The first kappa shape index (κ1) is 12.0. The molecule has 2 atom stereocenters. The molecule has 102 valence electrons. The van der Waals surface area contributed by atoms with E-state index in [9.17, 15) is 0 Å². The first-order chi connectivity index (χ1) is 9.61. The van der Waals surface area contributed by atoms with Gasteiger partial charge < -0.3 is 5.73 Å². The van der Waals surface area contributed by atoms with Crippen molar-refractivity contribution in [3.63, 3.8) is 0 Å². The third-order valence-electron chi connectivity index (χ3n) is 4.84. The predicted octanol–water partition coefficient (Wildman–Crippen LogP) is 4.12. The Balaban J connectivity index is 1.97. The highest BCUT2D eigenvalue weighted by Crippen LogP contribution is 2.46. The van der Waals surface area contributed by atoms with Gasteiger partial charge in [-0.25, -0.2) is 0 Å². The van der Waals surface area contributed by atoms with Crippen LogP contribution in [0.4, 0.5) is 5.69 Å². The maximum Gasteiger partial charge on any atom is 0.0728 e. The van der Waals surface area contributed by atoms with Gasteiger partial charge in [-0.3, -0.25) is 4.98 Å². The largest absolute Gasteiger partial charge is 0.398 e. The summed E-state index contributed by atoms with van der Waals surface area (Å²) in [7, 11) is 0. The van der Waals surface area contributed by atoms with Crippen LogP contribution in [0.2, 0.25) is 0 Å². The number of nitrogens with zero attached hydrogens (tertiary/aromatic N) is 1. The number of aromatic nitrogens is 1. The van der Waals surface area contributed by atoms with Crippen LogP contribution in [-0.2, 0) is 6.42 Å². The summed E-state index contributed by atoms with van der Waals surface area (Å²) in [6, 6.07) is 6.41. The molecule has 0 saturated carbocycles. The van der Waals surface area contributed by atoms with Crippen LogP contribution in [-0.4, -0.2) is 4.98 Å². The number of fused-ring (bicyclic) bond motifs is 5. The molecule has 2 nitrogen and oxygen atoms in total. The second-order valence-corrected chi connectivity index (χ2v) is 6.52. The third kappa shape index (κ3) is 1.67. The van der Waals surface area contributed by atoms with Crippen LogP contribution in [0.1, 0.15) is 42.5 Å². The molecule has 2 N–H and O–H groups in total. The van der Waals surface area contributed by atoms with Gasteiger partial charge in [0.05, 0.1) is 5.52 Å². The minimum Gasteiger partial charge on any atom is -0.398 e. The fraction of sp³-hybridized carbons (Fsp3) is 0.389. The number of nitrogen functional groups attached to an aromatic ring is 1. The monoisotopic (exact) mass is 264 g/mol. The highest BCUT2D eigenvalue weighted by molar-refractivity contribution is 5.93. The number of pyridine rings is 1. The van der Waals surface area contributed by atoms with Gasteiger partial charge in [0.1, 0.15) is 0 Å². The van der Waals surface area contributed by atoms with E-state index in [0.29, 0.717) is 11.8 Å². The van der Waals surface area contributed by atoms with Crippen molar-refractivity contribution < 1.29 is 0 Å². The van der Waals surface area contributed by atoms with Crippen molar-refractivity contribution in [1.82, 2.24) is 4.98 Å². The van der Waals surface area contributed by atoms with E-state index >= 15 is 0 Å². The molecule has 20 heavy (non-hydrogen) atoms. The molecular weight excluding hydrogens is 244 g/mol. The van der Waals surface area contributed by atoms with Crippen LogP contribution in [0.3, 0.4) is 0 Å². The van der Waals surface area contributed by atoms with E-state index < -0.39 is 0 Å². The van der Waals surface area contributed by atoms with Crippen molar-refractivity contribution >= 4 is 16.6 Å². The minimum absolute atomic E-state index is 0.576. The topological polar surface area (TPSA) is 38.9 Å².